The number of carbonyl (C=O) groups is 1. The first-order valence-corrected chi connectivity index (χ1v) is 12.2. The van der Waals surface area contributed by atoms with Crippen LogP contribution in [0.2, 0.25) is 0 Å². The van der Waals surface area contributed by atoms with E-state index in [1.165, 1.54) is 18.4 Å². The third-order valence-electron chi connectivity index (χ3n) is 5.23. The van der Waals surface area contributed by atoms with Gasteiger partial charge in [0.05, 0.1) is 10.4 Å². The van der Waals surface area contributed by atoms with Crippen molar-refractivity contribution in [2.75, 3.05) is 6.54 Å². The van der Waals surface area contributed by atoms with Crippen molar-refractivity contribution in [3.8, 4) is 16.3 Å². The summed E-state index contributed by atoms with van der Waals surface area (Å²) in [7, 11) is -4.15. The van der Waals surface area contributed by atoms with Gasteiger partial charge < -0.3 is 19.8 Å². The van der Waals surface area contributed by atoms with Crippen LogP contribution in [0.1, 0.15) is 41.3 Å². The highest BCUT2D eigenvalue weighted by atomic mass is 32.3. The maximum atomic E-state index is 12.9. The van der Waals surface area contributed by atoms with Gasteiger partial charge in [0.15, 0.2) is 9.96 Å². The van der Waals surface area contributed by atoms with E-state index in [0.717, 1.165) is 48.3 Å². The zero-order valence-electron chi connectivity index (χ0n) is 17.0. The number of nitrogens with one attached hydrogen (secondary N) is 1. The van der Waals surface area contributed by atoms with Gasteiger partial charge >= 0.3 is 10.1 Å². The Morgan fingerprint density at radius 1 is 1.32 bits per heavy atom. The van der Waals surface area contributed by atoms with Crippen LogP contribution in [-0.2, 0) is 23.0 Å². The van der Waals surface area contributed by atoms with E-state index in [0.29, 0.717) is 23.0 Å². The largest absolute Gasteiger partial charge is 0.378 e. The highest BCUT2D eigenvalue weighted by Crippen LogP contribution is 2.35. The van der Waals surface area contributed by atoms with Crippen LogP contribution in [-0.4, -0.2) is 32.1 Å². The summed E-state index contributed by atoms with van der Waals surface area (Å²) in [6.07, 6.45) is 4.68. The average Bonchev–Trinajstić information content (AvgIpc) is 3.43. The number of hydrogen-bond donors (Lipinski definition) is 2. The molecule has 4 rings (SSSR count). The van der Waals surface area contributed by atoms with Gasteiger partial charge in [0.25, 0.3) is 5.91 Å². The zero-order valence-corrected chi connectivity index (χ0v) is 18.6. The summed E-state index contributed by atoms with van der Waals surface area (Å²) < 4.78 is 36.0. The van der Waals surface area contributed by atoms with Crippen LogP contribution in [0, 0.1) is 0 Å². The van der Waals surface area contributed by atoms with Crippen LogP contribution in [0.25, 0.3) is 10.6 Å². The lowest BCUT2D eigenvalue weighted by atomic mass is 9.85. The molecule has 3 N–H and O–H groups in total. The fourth-order valence-electron chi connectivity index (χ4n) is 3.79. The van der Waals surface area contributed by atoms with Gasteiger partial charge in [0.1, 0.15) is 12.0 Å². The van der Waals surface area contributed by atoms with E-state index in [4.69, 9.17) is 14.4 Å². The Balaban J connectivity index is 1.62. The number of rotatable bonds is 8. The Morgan fingerprint density at radius 2 is 2.16 bits per heavy atom. The van der Waals surface area contributed by atoms with Gasteiger partial charge in [-0.3, -0.25) is 4.79 Å². The molecule has 0 spiro atoms. The molecule has 1 amide bonds. The number of fused-ring (bicyclic) bond motifs is 1. The molecule has 3 aromatic rings. The van der Waals surface area contributed by atoms with Crippen molar-refractivity contribution in [1.29, 1.82) is 0 Å². The quantitative estimate of drug-likeness (QED) is 0.494. The van der Waals surface area contributed by atoms with Crippen LogP contribution in [0.5, 0.6) is 5.75 Å². The molecule has 1 unspecified atom stereocenters. The van der Waals surface area contributed by atoms with Crippen molar-refractivity contribution in [3.63, 3.8) is 0 Å². The minimum Gasteiger partial charge on any atom is -0.378 e. The second-order valence-electron chi connectivity index (χ2n) is 7.38. The zero-order chi connectivity index (χ0) is 22.0. The first-order chi connectivity index (χ1) is 14.9. The summed E-state index contributed by atoms with van der Waals surface area (Å²) in [5.41, 5.74) is 8.06. The van der Waals surface area contributed by atoms with Crippen LogP contribution < -0.4 is 15.2 Å². The van der Waals surface area contributed by atoms with Crippen LogP contribution >= 0.6 is 11.3 Å². The first kappa shape index (κ1) is 21.5. The molecule has 164 valence electrons. The molecular weight excluding hydrogens is 438 g/mol. The Bertz CT molecular complexity index is 1190. The van der Waals surface area contributed by atoms with Crippen molar-refractivity contribution in [1.82, 2.24) is 10.5 Å². The van der Waals surface area contributed by atoms with Crippen molar-refractivity contribution >= 4 is 27.4 Å². The number of nitrogens with two attached hydrogens (primary N) is 1. The summed E-state index contributed by atoms with van der Waals surface area (Å²) in [6, 6.07) is 8.37. The molecule has 0 aliphatic heterocycles. The van der Waals surface area contributed by atoms with Crippen molar-refractivity contribution in [3.05, 3.63) is 53.3 Å². The highest BCUT2D eigenvalue weighted by Gasteiger charge is 2.28. The van der Waals surface area contributed by atoms with Gasteiger partial charge in [0, 0.05) is 12.1 Å². The molecule has 31 heavy (non-hydrogen) atoms. The number of thiophene rings is 1. The minimum atomic E-state index is -4.15. The standard InChI is InChI=1S/C21H23N3O5S2/c1-2-10-23-14-4-5-15-13(12-14)3-6-17(20(15)21(22)25)29-31(26,27)19-8-7-18(30-19)16-9-11-28-24-16/h3,6-9,11,14,23H,2,4-5,10,12H2,1H3,(H2,22,25). The lowest BCUT2D eigenvalue weighted by Gasteiger charge is -2.27. The maximum absolute atomic E-state index is 12.9. The summed E-state index contributed by atoms with van der Waals surface area (Å²) in [4.78, 5) is 12.9. The molecule has 1 aromatic carbocycles. The van der Waals surface area contributed by atoms with Gasteiger partial charge in [-0.1, -0.05) is 18.1 Å². The number of carbonyl (C=O) groups excluding carboxylic acids is 1. The Kier molecular flexibility index (Phi) is 6.12. The average molecular weight is 462 g/mol. The molecule has 2 heterocycles. The fourth-order valence-corrected chi connectivity index (χ4v) is 5.96. The molecular formula is C21H23N3O5S2. The van der Waals surface area contributed by atoms with Gasteiger partial charge in [-0.2, -0.15) is 8.42 Å². The SMILES string of the molecule is CCCNC1CCc2c(ccc(OS(=O)(=O)c3ccc(-c4ccon4)s3)c2C(N)=O)C1. The molecule has 10 heteroatoms. The topological polar surface area (TPSA) is 125 Å². The third kappa shape index (κ3) is 4.51. The molecule has 8 nitrogen and oxygen atoms in total. The van der Waals surface area contributed by atoms with Crippen molar-refractivity contribution in [2.24, 2.45) is 5.73 Å². The van der Waals surface area contributed by atoms with E-state index >= 15 is 0 Å². The number of aromatic nitrogens is 1. The van der Waals surface area contributed by atoms with Gasteiger partial charge in [0.2, 0.25) is 0 Å². The van der Waals surface area contributed by atoms with Gasteiger partial charge in [-0.05, 0) is 61.6 Å². The molecule has 1 aliphatic carbocycles. The van der Waals surface area contributed by atoms with E-state index < -0.39 is 16.0 Å². The first-order valence-electron chi connectivity index (χ1n) is 10.0. The minimum absolute atomic E-state index is 0.00229. The third-order valence-corrected chi connectivity index (χ3v) is 8.02. The van der Waals surface area contributed by atoms with Crippen molar-refractivity contribution < 1.29 is 21.9 Å². The number of nitrogens with zero attached hydrogens (tertiary/aromatic N) is 1. The second kappa shape index (κ2) is 8.81. The lowest BCUT2D eigenvalue weighted by Crippen LogP contribution is -2.35. The molecule has 0 radical (unpaired) electrons. The normalized spacial score (nSPS) is 16.1. The van der Waals surface area contributed by atoms with E-state index in [1.54, 1.807) is 12.1 Å². The predicted molar refractivity (Wildman–Crippen MR) is 117 cm³/mol. The molecule has 0 saturated heterocycles. The summed E-state index contributed by atoms with van der Waals surface area (Å²) in [6.45, 7) is 3.04. The summed E-state index contributed by atoms with van der Waals surface area (Å²) >= 11 is 1.01. The van der Waals surface area contributed by atoms with E-state index in [9.17, 15) is 13.2 Å². The van der Waals surface area contributed by atoms with Crippen LogP contribution in [0.15, 0.2) is 45.3 Å². The fraction of sp³-hybridized carbons (Fsp3) is 0.333. The Hall–Kier alpha value is -2.69. The highest BCUT2D eigenvalue weighted by molar-refractivity contribution is 7.89. The monoisotopic (exact) mass is 461 g/mol. The maximum Gasteiger partial charge on any atom is 0.348 e. The van der Waals surface area contributed by atoms with Gasteiger partial charge in [-0.15, -0.1) is 11.3 Å². The number of hydrogen-bond acceptors (Lipinski definition) is 8. The molecule has 0 fully saturated rings. The molecule has 1 atom stereocenters. The molecule has 2 aromatic heterocycles. The summed E-state index contributed by atoms with van der Waals surface area (Å²) in [5.74, 6) is -0.737. The van der Waals surface area contributed by atoms with Crippen molar-refractivity contribution in [2.45, 2.75) is 42.9 Å². The smallest absolute Gasteiger partial charge is 0.348 e. The molecule has 0 bridgehead atoms. The molecule has 1 aliphatic rings. The van der Waals surface area contributed by atoms with E-state index in [1.807, 2.05) is 6.07 Å². The van der Waals surface area contributed by atoms with Crippen LogP contribution in [0.3, 0.4) is 0 Å². The number of amides is 1. The molecule has 0 saturated carbocycles. The number of primary amides is 1. The summed E-state index contributed by atoms with van der Waals surface area (Å²) in [5, 5.41) is 7.30. The lowest BCUT2D eigenvalue weighted by molar-refractivity contribution is 0.0997. The Morgan fingerprint density at radius 3 is 2.87 bits per heavy atom. The Labute approximate surface area is 184 Å². The predicted octanol–water partition coefficient (Wildman–Crippen LogP) is 3.13. The van der Waals surface area contributed by atoms with Crippen LogP contribution in [0.4, 0.5) is 0 Å². The van der Waals surface area contributed by atoms with E-state index in [2.05, 4.69) is 17.4 Å². The van der Waals surface area contributed by atoms with E-state index in [-0.39, 0.29) is 15.5 Å². The second-order valence-corrected chi connectivity index (χ2v) is 10.2. The number of benzene rings is 1. The van der Waals surface area contributed by atoms with Gasteiger partial charge in [-0.25, -0.2) is 0 Å².